The minimum absolute atomic E-state index is 0.0335. The maximum absolute atomic E-state index is 11.2. The maximum Gasteiger partial charge on any atom is 0.248 e. The van der Waals surface area contributed by atoms with Gasteiger partial charge >= 0.3 is 0 Å². The first-order valence-electron chi connectivity index (χ1n) is 6.47. The molecule has 2 heterocycles. The van der Waals surface area contributed by atoms with Crippen molar-refractivity contribution in [1.82, 2.24) is 14.5 Å². The van der Waals surface area contributed by atoms with Crippen LogP contribution in [0.15, 0.2) is 41.3 Å². The number of H-pyrrole nitrogens is 1. The number of fused-ring (bicyclic) bond motifs is 1. The highest BCUT2D eigenvalue weighted by molar-refractivity contribution is 5.81. The Kier molecular flexibility index (Phi) is 3.12. The molecule has 5 heteroatoms. The molecule has 5 nitrogen and oxygen atoms in total. The number of aromatic amines is 1. The van der Waals surface area contributed by atoms with Gasteiger partial charge in [-0.1, -0.05) is 12.1 Å². The Morgan fingerprint density at radius 1 is 1.30 bits per heavy atom. The second-order valence-corrected chi connectivity index (χ2v) is 4.69. The summed E-state index contributed by atoms with van der Waals surface area (Å²) in [6.45, 7) is 2.04. The van der Waals surface area contributed by atoms with E-state index in [9.17, 15) is 9.90 Å². The predicted molar refractivity (Wildman–Crippen MR) is 77.2 cm³/mol. The second kappa shape index (κ2) is 4.94. The van der Waals surface area contributed by atoms with E-state index in [1.807, 2.05) is 29.7 Å². The number of aromatic nitrogens is 3. The van der Waals surface area contributed by atoms with Crippen molar-refractivity contribution in [3.8, 4) is 5.69 Å². The molecular weight excluding hydrogens is 254 g/mol. The van der Waals surface area contributed by atoms with Crippen LogP contribution in [-0.2, 0) is 6.42 Å². The predicted octanol–water partition coefficient (Wildman–Crippen LogP) is 1.56. The minimum atomic E-state index is -0.141. The van der Waals surface area contributed by atoms with E-state index in [0.29, 0.717) is 6.42 Å². The largest absolute Gasteiger partial charge is 0.396 e. The summed E-state index contributed by atoms with van der Waals surface area (Å²) in [6, 6.07) is 9.21. The number of para-hydroxylation sites is 1. The Balaban J connectivity index is 2.31. The third-order valence-corrected chi connectivity index (χ3v) is 3.32. The van der Waals surface area contributed by atoms with Gasteiger partial charge in [-0.3, -0.25) is 9.36 Å². The molecule has 1 aromatic carbocycles. The number of nitrogens with zero attached hydrogens (tertiary/aromatic N) is 2. The van der Waals surface area contributed by atoms with Gasteiger partial charge in [-0.2, -0.15) is 0 Å². The van der Waals surface area contributed by atoms with E-state index >= 15 is 0 Å². The first-order valence-corrected chi connectivity index (χ1v) is 6.47. The number of nitrogens with one attached hydrogen (secondary N) is 1. The number of pyridine rings is 1. The fourth-order valence-corrected chi connectivity index (χ4v) is 2.38. The number of aliphatic hydroxyl groups excluding tert-OH is 1. The van der Waals surface area contributed by atoms with E-state index in [2.05, 4.69) is 9.97 Å². The fourth-order valence-electron chi connectivity index (χ4n) is 2.38. The molecule has 0 spiro atoms. The van der Waals surface area contributed by atoms with E-state index in [0.717, 1.165) is 28.1 Å². The summed E-state index contributed by atoms with van der Waals surface area (Å²) >= 11 is 0. The van der Waals surface area contributed by atoms with Gasteiger partial charge in [0.15, 0.2) is 0 Å². The third kappa shape index (κ3) is 2.02. The van der Waals surface area contributed by atoms with Gasteiger partial charge in [0, 0.05) is 18.7 Å². The van der Waals surface area contributed by atoms with Crippen molar-refractivity contribution in [3.63, 3.8) is 0 Å². The van der Waals surface area contributed by atoms with Crippen LogP contribution in [0.4, 0.5) is 0 Å². The first kappa shape index (κ1) is 12.6. The Morgan fingerprint density at radius 2 is 2.15 bits per heavy atom. The molecule has 0 bridgehead atoms. The third-order valence-electron chi connectivity index (χ3n) is 3.32. The SMILES string of the molecule is Cc1cccc2c1nc(CCO)n2-c1ccc(=O)[nH]c1. The Hall–Kier alpha value is -2.40. The van der Waals surface area contributed by atoms with Crippen molar-refractivity contribution >= 4 is 11.0 Å². The molecular formula is C15H15N3O2. The summed E-state index contributed by atoms with van der Waals surface area (Å²) in [5, 5.41) is 9.22. The number of hydrogen-bond acceptors (Lipinski definition) is 3. The molecule has 0 saturated heterocycles. The normalized spacial score (nSPS) is 11.1. The monoisotopic (exact) mass is 269 g/mol. The van der Waals surface area contributed by atoms with E-state index < -0.39 is 0 Å². The van der Waals surface area contributed by atoms with Crippen molar-refractivity contribution in [2.75, 3.05) is 6.61 Å². The lowest BCUT2D eigenvalue weighted by atomic mass is 10.2. The van der Waals surface area contributed by atoms with Crippen LogP contribution in [0.25, 0.3) is 16.7 Å². The molecule has 0 aliphatic carbocycles. The second-order valence-electron chi connectivity index (χ2n) is 4.69. The quantitative estimate of drug-likeness (QED) is 0.758. The van der Waals surface area contributed by atoms with Gasteiger partial charge in [0.05, 0.1) is 23.3 Å². The van der Waals surface area contributed by atoms with Crippen molar-refractivity contribution in [2.24, 2.45) is 0 Å². The molecule has 102 valence electrons. The molecule has 2 aromatic heterocycles. The zero-order valence-corrected chi connectivity index (χ0v) is 11.1. The lowest BCUT2D eigenvalue weighted by molar-refractivity contribution is 0.296. The summed E-state index contributed by atoms with van der Waals surface area (Å²) in [6.07, 6.45) is 2.12. The first-order chi connectivity index (χ1) is 9.70. The highest BCUT2D eigenvalue weighted by atomic mass is 16.3. The number of aryl methyl sites for hydroxylation is 1. The number of imidazole rings is 1. The molecule has 0 unspecified atom stereocenters. The van der Waals surface area contributed by atoms with Gasteiger partial charge in [-0.25, -0.2) is 4.98 Å². The van der Waals surface area contributed by atoms with Crippen LogP contribution < -0.4 is 5.56 Å². The topological polar surface area (TPSA) is 70.9 Å². The number of benzene rings is 1. The van der Waals surface area contributed by atoms with Crippen LogP contribution in [0.2, 0.25) is 0 Å². The van der Waals surface area contributed by atoms with E-state index in [1.54, 1.807) is 12.3 Å². The van der Waals surface area contributed by atoms with Crippen LogP contribution in [0.3, 0.4) is 0 Å². The van der Waals surface area contributed by atoms with Gasteiger partial charge in [0.25, 0.3) is 0 Å². The average Bonchev–Trinajstić information content (AvgIpc) is 2.80. The molecule has 0 amide bonds. The number of hydrogen-bond donors (Lipinski definition) is 2. The van der Waals surface area contributed by atoms with Crippen molar-refractivity contribution in [1.29, 1.82) is 0 Å². The van der Waals surface area contributed by atoms with Gasteiger partial charge < -0.3 is 10.1 Å². The Bertz CT molecular complexity index is 797. The van der Waals surface area contributed by atoms with E-state index in [4.69, 9.17) is 0 Å². The molecule has 2 N–H and O–H groups in total. The summed E-state index contributed by atoms with van der Waals surface area (Å²) in [5.41, 5.74) is 3.67. The Morgan fingerprint density at radius 3 is 2.85 bits per heavy atom. The molecule has 20 heavy (non-hydrogen) atoms. The van der Waals surface area contributed by atoms with E-state index in [1.165, 1.54) is 6.07 Å². The lowest BCUT2D eigenvalue weighted by Gasteiger charge is -2.08. The van der Waals surface area contributed by atoms with Crippen LogP contribution in [0, 0.1) is 6.92 Å². The lowest BCUT2D eigenvalue weighted by Crippen LogP contribution is -2.08. The van der Waals surface area contributed by atoms with Crippen molar-refractivity contribution < 1.29 is 5.11 Å². The molecule has 0 fully saturated rings. The van der Waals surface area contributed by atoms with Crippen LogP contribution in [0.1, 0.15) is 11.4 Å². The summed E-state index contributed by atoms with van der Waals surface area (Å²) < 4.78 is 1.97. The van der Waals surface area contributed by atoms with Gasteiger partial charge in [0.1, 0.15) is 5.82 Å². The number of rotatable bonds is 3. The van der Waals surface area contributed by atoms with Gasteiger partial charge in [-0.05, 0) is 24.6 Å². The summed E-state index contributed by atoms with van der Waals surface area (Å²) in [5.74, 6) is 0.781. The molecule has 0 aliphatic heterocycles. The van der Waals surface area contributed by atoms with Crippen molar-refractivity contribution in [3.05, 3.63) is 58.3 Å². The van der Waals surface area contributed by atoms with E-state index in [-0.39, 0.29) is 12.2 Å². The maximum atomic E-state index is 11.2. The standard InChI is InChI=1S/C15H15N3O2/c1-10-3-2-4-12-15(10)17-13(7-8-19)18(12)11-5-6-14(20)16-9-11/h2-6,9,19H,7-8H2,1H3,(H,16,20). The number of aliphatic hydroxyl groups is 1. The summed E-state index contributed by atoms with van der Waals surface area (Å²) in [7, 11) is 0. The van der Waals surface area contributed by atoms with Crippen LogP contribution >= 0.6 is 0 Å². The Labute approximate surface area is 115 Å². The summed E-state index contributed by atoms with van der Waals surface area (Å²) in [4.78, 5) is 18.5. The molecule has 3 rings (SSSR count). The smallest absolute Gasteiger partial charge is 0.248 e. The molecule has 0 aliphatic rings. The van der Waals surface area contributed by atoms with Gasteiger partial charge in [0.2, 0.25) is 5.56 Å². The fraction of sp³-hybridized carbons (Fsp3) is 0.200. The highest BCUT2D eigenvalue weighted by Crippen LogP contribution is 2.23. The molecule has 3 aromatic rings. The minimum Gasteiger partial charge on any atom is -0.396 e. The molecule has 0 radical (unpaired) electrons. The zero-order valence-electron chi connectivity index (χ0n) is 11.1. The molecule has 0 atom stereocenters. The van der Waals surface area contributed by atoms with Crippen LogP contribution in [0.5, 0.6) is 0 Å². The van der Waals surface area contributed by atoms with Crippen LogP contribution in [-0.4, -0.2) is 26.2 Å². The van der Waals surface area contributed by atoms with Gasteiger partial charge in [-0.15, -0.1) is 0 Å². The zero-order chi connectivity index (χ0) is 14.1. The average molecular weight is 269 g/mol. The molecule has 0 saturated carbocycles. The van der Waals surface area contributed by atoms with Crippen molar-refractivity contribution in [2.45, 2.75) is 13.3 Å². The highest BCUT2D eigenvalue weighted by Gasteiger charge is 2.13.